The summed E-state index contributed by atoms with van der Waals surface area (Å²) < 4.78 is 2.11. The molecular weight excluding hydrogens is 502 g/mol. The highest BCUT2D eigenvalue weighted by Gasteiger charge is 2.33. The van der Waals surface area contributed by atoms with Gasteiger partial charge in [-0.2, -0.15) is 0 Å². The number of fused-ring (bicyclic) bond motifs is 1. The van der Waals surface area contributed by atoms with Gasteiger partial charge in [0, 0.05) is 45.5 Å². The van der Waals surface area contributed by atoms with Gasteiger partial charge >= 0.3 is 0 Å². The van der Waals surface area contributed by atoms with Crippen LogP contribution in [0.5, 0.6) is 0 Å². The number of nitrogens with zero attached hydrogens (tertiary/aromatic N) is 5. The predicted octanol–water partition coefficient (Wildman–Crippen LogP) is 4.18. The normalized spacial score (nSPS) is 18.1. The van der Waals surface area contributed by atoms with Crippen molar-refractivity contribution in [2.24, 2.45) is 5.92 Å². The molecule has 2 fully saturated rings. The van der Waals surface area contributed by atoms with Crippen molar-refractivity contribution in [2.75, 3.05) is 37.6 Å². The van der Waals surface area contributed by atoms with Crippen molar-refractivity contribution in [3.63, 3.8) is 0 Å². The Morgan fingerprint density at radius 3 is 2.49 bits per heavy atom. The van der Waals surface area contributed by atoms with Crippen molar-refractivity contribution in [1.82, 2.24) is 19.2 Å². The number of carbonyl (C=O) groups excluding carboxylic acids is 1. The largest absolute Gasteiger partial charge is 0.353 e. The quantitative estimate of drug-likeness (QED) is 0.348. The van der Waals surface area contributed by atoms with E-state index in [0.717, 1.165) is 38.3 Å². The van der Waals surface area contributed by atoms with Crippen LogP contribution in [0.25, 0.3) is 11.7 Å². The Kier molecular flexibility index (Phi) is 7.46. The topological polar surface area (TPSA) is 61.2 Å². The Labute approximate surface area is 226 Å². The number of aromatic nitrogens is 2. The summed E-state index contributed by atoms with van der Waals surface area (Å²) in [6.45, 7) is 10.7. The lowest BCUT2D eigenvalue weighted by Gasteiger charge is -2.36. The van der Waals surface area contributed by atoms with E-state index >= 15 is 0 Å². The summed E-state index contributed by atoms with van der Waals surface area (Å²) >= 11 is 6.75. The number of rotatable bonds is 6. The van der Waals surface area contributed by atoms with E-state index in [-0.39, 0.29) is 11.5 Å². The van der Waals surface area contributed by atoms with Crippen molar-refractivity contribution < 1.29 is 4.79 Å². The number of piperazine rings is 1. The molecule has 9 heteroatoms. The van der Waals surface area contributed by atoms with Crippen LogP contribution in [0.3, 0.4) is 0 Å². The van der Waals surface area contributed by atoms with E-state index in [2.05, 4.69) is 47.9 Å². The summed E-state index contributed by atoms with van der Waals surface area (Å²) in [4.78, 5) is 38.6. The Morgan fingerprint density at radius 1 is 1.05 bits per heavy atom. The molecule has 2 aliphatic heterocycles. The van der Waals surface area contributed by atoms with Crippen molar-refractivity contribution in [3.05, 3.63) is 80.6 Å². The lowest BCUT2D eigenvalue weighted by atomic mass is 10.1. The first-order chi connectivity index (χ1) is 17.8. The van der Waals surface area contributed by atoms with E-state index in [1.165, 1.54) is 17.3 Å². The van der Waals surface area contributed by atoms with Crippen LogP contribution in [0.15, 0.2) is 58.4 Å². The van der Waals surface area contributed by atoms with Gasteiger partial charge in [-0.25, -0.2) is 4.98 Å². The number of thioether (sulfide) groups is 1. The second-order valence-corrected chi connectivity index (χ2v) is 11.6. The minimum atomic E-state index is -0.176. The molecule has 3 aromatic rings. The fourth-order valence-electron chi connectivity index (χ4n) is 4.78. The second kappa shape index (κ2) is 10.8. The van der Waals surface area contributed by atoms with Crippen LogP contribution in [-0.4, -0.2) is 62.1 Å². The van der Waals surface area contributed by atoms with Gasteiger partial charge in [0.1, 0.15) is 15.8 Å². The lowest BCUT2D eigenvalue weighted by molar-refractivity contribution is -0.122. The number of amides is 1. The summed E-state index contributed by atoms with van der Waals surface area (Å²) in [6.07, 6.45) is 3.44. The number of benzene rings is 1. The first-order valence-corrected chi connectivity index (χ1v) is 13.8. The van der Waals surface area contributed by atoms with Crippen molar-refractivity contribution >= 4 is 51.7 Å². The third-order valence-electron chi connectivity index (χ3n) is 6.68. The van der Waals surface area contributed by atoms with Gasteiger partial charge in [0.15, 0.2) is 0 Å². The molecule has 192 valence electrons. The molecule has 0 bridgehead atoms. The summed E-state index contributed by atoms with van der Waals surface area (Å²) in [5.41, 5.74) is 3.11. The lowest BCUT2D eigenvalue weighted by Crippen LogP contribution is -2.47. The Hall–Kier alpha value is -3.01. The van der Waals surface area contributed by atoms with Crippen molar-refractivity contribution in [1.29, 1.82) is 0 Å². The van der Waals surface area contributed by atoms with Crippen molar-refractivity contribution in [2.45, 2.75) is 27.3 Å². The molecule has 2 aliphatic rings. The average molecular weight is 534 g/mol. The van der Waals surface area contributed by atoms with Crippen LogP contribution in [0, 0.1) is 12.8 Å². The fourth-order valence-corrected chi connectivity index (χ4v) is 6.04. The molecular formula is C28H31N5O2S2. The number of pyridine rings is 1. The standard InChI is InChI=1S/C28H31N5O2S2/c1-19(2)17-33-27(35)23(37-28(33)36)16-22-25(29-24-20(3)8-7-11-32(24)26(22)34)31-14-12-30(13-15-31)18-21-9-5-4-6-10-21/h4-11,16,19H,12-15,17-18H2,1-3H3. The monoisotopic (exact) mass is 533 g/mol. The Balaban J connectivity index is 1.49. The predicted molar refractivity (Wildman–Crippen MR) is 155 cm³/mol. The SMILES string of the molecule is Cc1cccn2c(=O)c(C=C3SC(=S)N(CC(C)C)C3=O)c(N3CCN(Cc4ccccc4)CC3)nc12. The first-order valence-electron chi connectivity index (χ1n) is 12.6. The van der Waals surface area contributed by atoms with Crippen LogP contribution >= 0.6 is 24.0 Å². The van der Waals surface area contributed by atoms with Gasteiger partial charge in [0.25, 0.3) is 11.5 Å². The second-order valence-electron chi connectivity index (χ2n) is 9.97. The van der Waals surface area contributed by atoms with E-state index in [9.17, 15) is 9.59 Å². The van der Waals surface area contributed by atoms with E-state index in [1.54, 1.807) is 21.6 Å². The minimum Gasteiger partial charge on any atom is -0.353 e. The molecule has 0 atom stereocenters. The molecule has 0 aliphatic carbocycles. The van der Waals surface area contributed by atoms with E-state index < -0.39 is 0 Å². The highest BCUT2D eigenvalue weighted by Crippen LogP contribution is 2.34. The van der Waals surface area contributed by atoms with E-state index in [0.29, 0.717) is 38.7 Å². The van der Waals surface area contributed by atoms with Crippen molar-refractivity contribution in [3.8, 4) is 0 Å². The van der Waals surface area contributed by atoms with Crippen LogP contribution in [0.4, 0.5) is 5.82 Å². The molecule has 37 heavy (non-hydrogen) atoms. The molecule has 4 heterocycles. The number of anilines is 1. The Morgan fingerprint density at radius 2 is 1.78 bits per heavy atom. The summed E-state index contributed by atoms with van der Waals surface area (Å²) in [7, 11) is 0. The zero-order valence-electron chi connectivity index (χ0n) is 21.4. The van der Waals surface area contributed by atoms with Gasteiger partial charge < -0.3 is 4.90 Å². The zero-order valence-corrected chi connectivity index (χ0v) is 23.0. The van der Waals surface area contributed by atoms with Crippen LogP contribution in [-0.2, 0) is 11.3 Å². The molecule has 1 aromatic carbocycles. The number of thiocarbonyl (C=S) groups is 1. The zero-order chi connectivity index (χ0) is 26.1. The molecule has 0 radical (unpaired) electrons. The maximum absolute atomic E-state index is 13.8. The molecule has 2 aromatic heterocycles. The third kappa shape index (κ3) is 5.35. The number of hydrogen-bond donors (Lipinski definition) is 0. The minimum absolute atomic E-state index is 0.143. The van der Waals surface area contributed by atoms with Gasteiger partial charge in [-0.05, 0) is 36.1 Å². The number of hydrogen-bond acceptors (Lipinski definition) is 7. The summed E-state index contributed by atoms with van der Waals surface area (Å²) in [5, 5.41) is 0. The van der Waals surface area contributed by atoms with E-state index in [4.69, 9.17) is 17.2 Å². The molecule has 5 rings (SSSR count). The van der Waals surface area contributed by atoms with Gasteiger partial charge in [-0.1, -0.05) is 74.2 Å². The molecule has 7 nitrogen and oxygen atoms in total. The summed E-state index contributed by atoms with van der Waals surface area (Å²) in [5.74, 6) is 0.782. The molecule has 1 amide bonds. The fraction of sp³-hybridized carbons (Fsp3) is 0.357. The maximum atomic E-state index is 13.8. The maximum Gasteiger partial charge on any atom is 0.267 e. The van der Waals surface area contributed by atoms with Gasteiger partial charge in [-0.15, -0.1) is 0 Å². The highest BCUT2D eigenvalue weighted by molar-refractivity contribution is 8.26. The third-order valence-corrected chi connectivity index (χ3v) is 8.06. The molecule has 0 saturated carbocycles. The summed E-state index contributed by atoms with van der Waals surface area (Å²) in [6, 6.07) is 14.3. The first kappa shape index (κ1) is 25.6. The van der Waals surface area contributed by atoms with Gasteiger partial charge in [0.2, 0.25) is 0 Å². The smallest absolute Gasteiger partial charge is 0.267 e. The number of aryl methyl sites for hydroxylation is 1. The van der Waals surface area contributed by atoms with Crippen LogP contribution in [0.2, 0.25) is 0 Å². The van der Waals surface area contributed by atoms with Gasteiger partial charge in [0.05, 0.1) is 10.5 Å². The van der Waals surface area contributed by atoms with Crippen LogP contribution in [0.1, 0.15) is 30.5 Å². The van der Waals surface area contributed by atoms with Crippen LogP contribution < -0.4 is 10.5 Å². The Bertz CT molecular complexity index is 1430. The average Bonchev–Trinajstić information content (AvgIpc) is 3.14. The van der Waals surface area contributed by atoms with E-state index in [1.807, 2.05) is 25.1 Å². The molecule has 0 spiro atoms. The number of carbonyl (C=O) groups is 1. The van der Waals surface area contributed by atoms with Gasteiger partial charge in [-0.3, -0.25) is 23.8 Å². The highest BCUT2D eigenvalue weighted by atomic mass is 32.2. The molecule has 0 N–H and O–H groups in total. The molecule has 0 unspecified atom stereocenters. The molecule has 2 saturated heterocycles.